The van der Waals surface area contributed by atoms with Gasteiger partial charge in [0, 0.05) is 30.2 Å². The third-order valence-electron chi connectivity index (χ3n) is 3.99. The van der Waals surface area contributed by atoms with Gasteiger partial charge in [0.1, 0.15) is 5.69 Å². The maximum Gasteiger partial charge on any atom is 0.276 e. The number of rotatable bonds is 3. The van der Waals surface area contributed by atoms with Gasteiger partial charge in [-0.15, -0.1) is 11.3 Å². The van der Waals surface area contributed by atoms with Crippen LogP contribution in [0.3, 0.4) is 0 Å². The lowest BCUT2D eigenvalue weighted by Crippen LogP contribution is -2.28. The molecule has 2 N–H and O–H groups in total. The molecular weight excluding hydrogens is 322 g/mol. The number of benzene rings is 1. The Morgan fingerprint density at radius 3 is 2.62 bits per heavy atom. The summed E-state index contributed by atoms with van der Waals surface area (Å²) in [5.41, 5.74) is 10.1. The zero-order chi connectivity index (χ0) is 17.4. The quantitative estimate of drug-likeness (QED) is 0.794. The van der Waals surface area contributed by atoms with Gasteiger partial charge in [0.15, 0.2) is 5.13 Å². The summed E-state index contributed by atoms with van der Waals surface area (Å²) in [6.07, 6.45) is 3.19. The number of aromatic nitrogens is 3. The third kappa shape index (κ3) is 2.78. The van der Waals surface area contributed by atoms with Crippen molar-refractivity contribution in [3.8, 4) is 11.3 Å². The Morgan fingerprint density at radius 2 is 2.08 bits per heavy atom. The third-order valence-corrected chi connectivity index (χ3v) is 4.79. The van der Waals surface area contributed by atoms with Gasteiger partial charge in [-0.1, -0.05) is 6.07 Å². The molecule has 3 rings (SSSR count). The summed E-state index contributed by atoms with van der Waals surface area (Å²) in [5, 5.41) is 0.563. The molecule has 0 saturated carbocycles. The molecule has 7 heteroatoms. The molecule has 124 valence electrons. The van der Waals surface area contributed by atoms with Crippen LogP contribution in [0, 0.1) is 13.8 Å². The van der Waals surface area contributed by atoms with Crippen LogP contribution in [-0.2, 0) is 7.05 Å². The maximum atomic E-state index is 12.6. The van der Waals surface area contributed by atoms with Crippen LogP contribution >= 0.6 is 11.3 Å². The number of anilines is 2. The normalized spacial score (nSPS) is 10.8. The van der Waals surface area contributed by atoms with Gasteiger partial charge in [-0.2, -0.15) is 0 Å². The van der Waals surface area contributed by atoms with Crippen molar-refractivity contribution in [3.63, 3.8) is 0 Å². The number of carbonyl (C=O) groups is 1. The van der Waals surface area contributed by atoms with E-state index in [2.05, 4.69) is 9.97 Å². The Labute approximate surface area is 144 Å². The second-order valence-electron chi connectivity index (χ2n) is 5.71. The number of hydrogen-bond acceptors (Lipinski definition) is 5. The summed E-state index contributed by atoms with van der Waals surface area (Å²) >= 11 is 1.48. The maximum absolute atomic E-state index is 12.6. The number of imidazole rings is 1. The molecule has 2 aromatic heterocycles. The molecule has 1 aromatic carbocycles. The van der Waals surface area contributed by atoms with Gasteiger partial charge >= 0.3 is 0 Å². The highest BCUT2D eigenvalue weighted by molar-refractivity contribution is 7.15. The summed E-state index contributed by atoms with van der Waals surface area (Å²) in [6.45, 7) is 3.99. The Balaban J connectivity index is 1.94. The number of nitrogens with two attached hydrogens (primary N) is 1. The minimum Gasteiger partial charge on any atom is -0.375 e. The molecule has 0 aliphatic carbocycles. The minimum atomic E-state index is -0.0973. The van der Waals surface area contributed by atoms with E-state index in [1.807, 2.05) is 32.0 Å². The first kappa shape index (κ1) is 16.2. The number of amides is 1. The molecular formula is C17H19N5OS. The van der Waals surface area contributed by atoms with Crippen LogP contribution in [0.4, 0.5) is 10.8 Å². The predicted molar refractivity (Wildman–Crippen MR) is 97.4 cm³/mol. The highest BCUT2D eigenvalue weighted by Gasteiger charge is 2.19. The number of thiazole rings is 1. The molecule has 0 fully saturated rings. The lowest BCUT2D eigenvalue weighted by atomic mass is 10.1. The van der Waals surface area contributed by atoms with E-state index in [9.17, 15) is 4.79 Å². The monoisotopic (exact) mass is 341 g/mol. The van der Waals surface area contributed by atoms with Crippen molar-refractivity contribution in [2.24, 2.45) is 7.05 Å². The fourth-order valence-electron chi connectivity index (χ4n) is 2.71. The van der Waals surface area contributed by atoms with Crippen LogP contribution in [0.2, 0.25) is 0 Å². The molecule has 0 radical (unpaired) electrons. The minimum absolute atomic E-state index is 0.0973. The highest BCUT2D eigenvalue weighted by Crippen LogP contribution is 2.32. The largest absolute Gasteiger partial charge is 0.375 e. The van der Waals surface area contributed by atoms with Crippen molar-refractivity contribution >= 4 is 28.1 Å². The van der Waals surface area contributed by atoms with Gasteiger partial charge in [-0.3, -0.25) is 4.79 Å². The zero-order valence-electron chi connectivity index (χ0n) is 14.1. The van der Waals surface area contributed by atoms with E-state index < -0.39 is 0 Å². The van der Waals surface area contributed by atoms with Gasteiger partial charge in [-0.05, 0) is 31.5 Å². The summed E-state index contributed by atoms with van der Waals surface area (Å²) in [7, 11) is 3.57. The first-order valence-corrected chi connectivity index (χ1v) is 8.28. The topological polar surface area (TPSA) is 77.0 Å². The SMILES string of the molecule is Cc1cc(-c2nc(N)sc2C)ccc1N(C)C(=O)c1cncn1C. The molecule has 3 aromatic rings. The average Bonchev–Trinajstić information content (AvgIpc) is 3.11. The fraction of sp³-hybridized carbons (Fsp3) is 0.235. The lowest BCUT2D eigenvalue weighted by molar-refractivity contribution is 0.0985. The number of nitrogens with zero attached hydrogens (tertiary/aromatic N) is 4. The first-order valence-electron chi connectivity index (χ1n) is 7.46. The molecule has 0 saturated heterocycles. The van der Waals surface area contributed by atoms with Crippen molar-refractivity contribution in [1.82, 2.24) is 14.5 Å². The van der Waals surface area contributed by atoms with Gasteiger partial charge in [0.2, 0.25) is 0 Å². The first-order chi connectivity index (χ1) is 11.4. The summed E-state index contributed by atoms with van der Waals surface area (Å²) in [6, 6.07) is 5.94. The van der Waals surface area contributed by atoms with E-state index >= 15 is 0 Å². The fourth-order valence-corrected chi connectivity index (χ4v) is 3.42. The number of aryl methyl sites for hydroxylation is 3. The molecule has 2 heterocycles. The summed E-state index contributed by atoms with van der Waals surface area (Å²) in [5.74, 6) is -0.0973. The zero-order valence-corrected chi connectivity index (χ0v) is 14.9. The van der Waals surface area contributed by atoms with E-state index in [0.717, 1.165) is 27.4 Å². The van der Waals surface area contributed by atoms with Gasteiger partial charge < -0.3 is 15.2 Å². The van der Waals surface area contributed by atoms with E-state index in [1.54, 1.807) is 36.1 Å². The molecule has 1 amide bonds. The Morgan fingerprint density at radius 1 is 1.33 bits per heavy atom. The van der Waals surface area contributed by atoms with Crippen LogP contribution < -0.4 is 10.6 Å². The molecule has 0 aliphatic rings. The average molecular weight is 341 g/mol. The van der Waals surface area contributed by atoms with Crippen LogP contribution in [0.15, 0.2) is 30.7 Å². The molecule has 0 unspecified atom stereocenters. The molecule has 0 spiro atoms. The lowest BCUT2D eigenvalue weighted by Gasteiger charge is -2.20. The summed E-state index contributed by atoms with van der Waals surface area (Å²) < 4.78 is 1.71. The van der Waals surface area contributed by atoms with E-state index in [0.29, 0.717) is 10.8 Å². The van der Waals surface area contributed by atoms with Crippen LogP contribution in [-0.4, -0.2) is 27.5 Å². The highest BCUT2D eigenvalue weighted by atomic mass is 32.1. The van der Waals surface area contributed by atoms with Crippen molar-refractivity contribution < 1.29 is 4.79 Å². The smallest absolute Gasteiger partial charge is 0.276 e. The number of hydrogen-bond donors (Lipinski definition) is 1. The van der Waals surface area contributed by atoms with E-state index in [4.69, 9.17) is 5.73 Å². The Kier molecular flexibility index (Phi) is 4.11. The van der Waals surface area contributed by atoms with Gasteiger partial charge in [0.25, 0.3) is 5.91 Å². The second kappa shape index (κ2) is 6.09. The number of carbonyl (C=O) groups excluding carboxylic acids is 1. The standard InChI is InChI=1S/C17H19N5OS/c1-10-7-12(15-11(2)24-17(18)20-15)5-6-13(10)22(4)16(23)14-8-19-9-21(14)3/h5-9H,1-4H3,(H2,18,20). The molecule has 6 nitrogen and oxygen atoms in total. The summed E-state index contributed by atoms with van der Waals surface area (Å²) in [4.78, 5) is 23.7. The number of nitrogen functional groups attached to an aromatic ring is 1. The molecule has 0 bridgehead atoms. The van der Waals surface area contributed by atoms with Crippen LogP contribution in [0.1, 0.15) is 20.9 Å². The van der Waals surface area contributed by atoms with Crippen molar-refractivity contribution in [1.29, 1.82) is 0 Å². The Hall–Kier alpha value is -2.67. The van der Waals surface area contributed by atoms with E-state index in [-0.39, 0.29) is 5.91 Å². The predicted octanol–water partition coefficient (Wildman–Crippen LogP) is 3.02. The van der Waals surface area contributed by atoms with Crippen molar-refractivity contribution in [3.05, 3.63) is 46.9 Å². The van der Waals surface area contributed by atoms with Gasteiger partial charge in [-0.25, -0.2) is 9.97 Å². The van der Waals surface area contributed by atoms with E-state index in [1.165, 1.54) is 11.3 Å². The second-order valence-corrected chi connectivity index (χ2v) is 6.95. The molecule has 0 aliphatic heterocycles. The van der Waals surface area contributed by atoms with Crippen LogP contribution in [0.25, 0.3) is 11.3 Å². The van der Waals surface area contributed by atoms with Crippen molar-refractivity contribution in [2.45, 2.75) is 13.8 Å². The molecule has 0 atom stereocenters. The molecule has 24 heavy (non-hydrogen) atoms. The van der Waals surface area contributed by atoms with Crippen LogP contribution in [0.5, 0.6) is 0 Å². The van der Waals surface area contributed by atoms with Crippen molar-refractivity contribution in [2.75, 3.05) is 17.7 Å². The Bertz CT molecular complexity index is 912. The van der Waals surface area contributed by atoms with Gasteiger partial charge in [0.05, 0.1) is 18.2 Å².